The number of carboxylic acids is 1. The second-order valence-electron chi connectivity index (χ2n) is 7.59. The maximum absolute atomic E-state index is 13.1. The minimum Gasteiger partial charge on any atom is -0.477 e. The van der Waals surface area contributed by atoms with Crippen LogP contribution in [-0.2, 0) is 19.1 Å². The highest BCUT2D eigenvalue weighted by atomic mass is 16.5. The van der Waals surface area contributed by atoms with Crippen molar-refractivity contribution >= 4 is 34.5 Å². The topological polar surface area (TPSA) is 159 Å². The number of carbonyl (C=O) groups is 3. The van der Waals surface area contributed by atoms with Gasteiger partial charge in [-0.3, -0.25) is 4.90 Å². The lowest BCUT2D eigenvalue weighted by Gasteiger charge is -2.35. The summed E-state index contributed by atoms with van der Waals surface area (Å²) in [5.74, 6) is -3.90. The molecule has 0 amide bonds. The van der Waals surface area contributed by atoms with Crippen molar-refractivity contribution in [2.75, 3.05) is 19.1 Å². The number of nitrogens with zero attached hydrogens (tertiary/aromatic N) is 2. The van der Waals surface area contributed by atoms with Gasteiger partial charge in [-0.05, 0) is 29.8 Å². The van der Waals surface area contributed by atoms with Gasteiger partial charge in [0.1, 0.15) is 17.2 Å². The van der Waals surface area contributed by atoms with E-state index in [4.69, 9.17) is 15.2 Å². The predicted octanol–water partition coefficient (Wildman–Crippen LogP) is 2.76. The standard InChI is InChI=1S/C25H20N4O6/c1-34-24(32)20-19(13-6-4-3-5-7-13)16(12-26)22(27)29(21(20)25(33)35-2)15-8-9-17-14(10-15)11-18(28-17)23(30)31/h3-11,19,28H,27H2,1-2H3,(H,30,31). The third kappa shape index (κ3) is 3.85. The Kier molecular flexibility index (Phi) is 5.99. The Labute approximate surface area is 199 Å². The van der Waals surface area contributed by atoms with Crippen molar-refractivity contribution in [3.05, 3.63) is 88.5 Å². The van der Waals surface area contributed by atoms with Crippen LogP contribution in [0.3, 0.4) is 0 Å². The van der Waals surface area contributed by atoms with Crippen molar-refractivity contribution in [3.8, 4) is 6.07 Å². The molecule has 2 heterocycles. The highest BCUT2D eigenvalue weighted by Crippen LogP contribution is 2.43. The Morgan fingerprint density at radius 3 is 2.34 bits per heavy atom. The number of anilines is 1. The molecule has 35 heavy (non-hydrogen) atoms. The minimum absolute atomic E-state index is 0.0276. The summed E-state index contributed by atoms with van der Waals surface area (Å²) < 4.78 is 10.0. The fourth-order valence-electron chi connectivity index (χ4n) is 4.16. The molecule has 176 valence electrons. The average Bonchev–Trinajstić information content (AvgIpc) is 3.31. The number of allylic oxidation sites excluding steroid dienone is 1. The summed E-state index contributed by atoms with van der Waals surface area (Å²) >= 11 is 0. The third-order valence-electron chi connectivity index (χ3n) is 5.70. The number of ether oxygens (including phenoxy) is 2. The molecule has 0 bridgehead atoms. The predicted molar refractivity (Wildman–Crippen MR) is 125 cm³/mol. The van der Waals surface area contributed by atoms with Gasteiger partial charge in [0.15, 0.2) is 0 Å². The number of nitrogens with two attached hydrogens (primary N) is 1. The smallest absolute Gasteiger partial charge is 0.355 e. The first-order valence-electron chi connectivity index (χ1n) is 10.3. The van der Waals surface area contributed by atoms with E-state index in [-0.39, 0.29) is 28.4 Å². The van der Waals surface area contributed by atoms with Crippen molar-refractivity contribution in [2.45, 2.75) is 5.92 Å². The van der Waals surface area contributed by atoms with Crippen LogP contribution in [0.1, 0.15) is 22.0 Å². The molecule has 0 saturated heterocycles. The lowest BCUT2D eigenvalue weighted by molar-refractivity contribution is -0.139. The van der Waals surface area contributed by atoms with E-state index in [2.05, 4.69) is 11.1 Å². The Morgan fingerprint density at radius 1 is 1.06 bits per heavy atom. The number of nitrogens with one attached hydrogen (secondary N) is 1. The first-order valence-corrected chi connectivity index (χ1v) is 10.3. The van der Waals surface area contributed by atoms with E-state index in [0.29, 0.717) is 22.2 Å². The number of esters is 2. The summed E-state index contributed by atoms with van der Waals surface area (Å²) in [6.45, 7) is 0. The molecule has 1 aromatic heterocycles. The maximum atomic E-state index is 13.1. The van der Waals surface area contributed by atoms with Crippen LogP contribution in [0.4, 0.5) is 5.69 Å². The zero-order valence-electron chi connectivity index (χ0n) is 18.7. The van der Waals surface area contributed by atoms with Crippen molar-refractivity contribution in [1.29, 1.82) is 5.26 Å². The van der Waals surface area contributed by atoms with Gasteiger partial charge in [0.25, 0.3) is 0 Å². The number of aromatic nitrogens is 1. The Bertz CT molecular complexity index is 1460. The number of hydrogen-bond acceptors (Lipinski definition) is 8. The average molecular weight is 472 g/mol. The number of hydrogen-bond donors (Lipinski definition) is 3. The van der Waals surface area contributed by atoms with Crippen LogP contribution in [0.25, 0.3) is 10.9 Å². The van der Waals surface area contributed by atoms with Gasteiger partial charge in [0, 0.05) is 16.6 Å². The number of benzene rings is 2. The SMILES string of the molecule is COC(=O)C1=C(C(=O)OC)N(c2ccc3[nH]c(C(=O)O)cc3c2)C(N)=C(C#N)C1c1ccccc1. The molecule has 1 unspecified atom stereocenters. The van der Waals surface area contributed by atoms with Gasteiger partial charge in [-0.1, -0.05) is 30.3 Å². The van der Waals surface area contributed by atoms with Gasteiger partial charge in [0.2, 0.25) is 0 Å². The van der Waals surface area contributed by atoms with Crippen LogP contribution in [0.2, 0.25) is 0 Å². The molecule has 4 rings (SSSR count). The van der Waals surface area contributed by atoms with Gasteiger partial charge < -0.3 is 25.3 Å². The molecule has 1 aliphatic heterocycles. The molecule has 2 aromatic carbocycles. The van der Waals surface area contributed by atoms with Crippen LogP contribution in [0, 0.1) is 11.3 Å². The molecule has 1 atom stereocenters. The zero-order chi connectivity index (χ0) is 25.3. The van der Waals surface area contributed by atoms with Gasteiger partial charge in [-0.2, -0.15) is 5.26 Å². The molecule has 4 N–H and O–H groups in total. The van der Waals surface area contributed by atoms with Crippen LogP contribution in [0.15, 0.2) is 77.3 Å². The summed E-state index contributed by atoms with van der Waals surface area (Å²) in [5.41, 5.74) is 7.55. The van der Waals surface area contributed by atoms with E-state index in [0.717, 1.165) is 7.11 Å². The highest BCUT2D eigenvalue weighted by molar-refractivity contribution is 6.07. The molecule has 3 aromatic rings. The van der Waals surface area contributed by atoms with E-state index >= 15 is 0 Å². The van der Waals surface area contributed by atoms with Gasteiger partial charge in [-0.15, -0.1) is 0 Å². The van der Waals surface area contributed by atoms with Crippen LogP contribution in [0.5, 0.6) is 0 Å². The lowest BCUT2D eigenvalue weighted by Crippen LogP contribution is -2.40. The van der Waals surface area contributed by atoms with Crippen molar-refractivity contribution in [2.24, 2.45) is 5.73 Å². The third-order valence-corrected chi connectivity index (χ3v) is 5.70. The highest BCUT2D eigenvalue weighted by Gasteiger charge is 2.43. The van der Waals surface area contributed by atoms with E-state index in [9.17, 15) is 24.8 Å². The van der Waals surface area contributed by atoms with Crippen LogP contribution >= 0.6 is 0 Å². The van der Waals surface area contributed by atoms with E-state index in [1.54, 1.807) is 48.5 Å². The first kappa shape index (κ1) is 23.1. The van der Waals surface area contributed by atoms with Crippen LogP contribution < -0.4 is 10.6 Å². The number of aromatic amines is 1. The number of nitriles is 1. The second-order valence-corrected chi connectivity index (χ2v) is 7.59. The summed E-state index contributed by atoms with van der Waals surface area (Å²) in [5, 5.41) is 19.9. The van der Waals surface area contributed by atoms with Crippen molar-refractivity contribution in [1.82, 2.24) is 4.98 Å². The van der Waals surface area contributed by atoms with Crippen molar-refractivity contribution in [3.63, 3.8) is 0 Å². The van der Waals surface area contributed by atoms with E-state index in [1.807, 2.05) is 0 Å². The number of fused-ring (bicyclic) bond motifs is 1. The summed E-state index contributed by atoms with van der Waals surface area (Å²) in [6, 6.07) is 16.9. The molecule has 0 saturated carbocycles. The van der Waals surface area contributed by atoms with Gasteiger partial charge >= 0.3 is 17.9 Å². The van der Waals surface area contributed by atoms with E-state index in [1.165, 1.54) is 18.1 Å². The molecular weight excluding hydrogens is 452 g/mol. The molecule has 10 nitrogen and oxygen atoms in total. The maximum Gasteiger partial charge on any atom is 0.355 e. The largest absolute Gasteiger partial charge is 0.477 e. The number of rotatable bonds is 5. The zero-order valence-corrected chi connectivity index (χ0v) is 18.7. The van der Waals surface area contributed by atoms with E-state index < -0.39 is 23.8 Å². The molecule has 0 fully saturated rings. The molecule has 0 radical (unpaired) electrons. The molecule has 0 aliphatic carbocycles. The molecule has 10 heteroatoms. The minimum atomic E-state index is -1.14. The first-order chi connectivity index (χ1) is 16.8. The van der Waals surface area contributed by atoms with Crippen LogP contribution in [-0.4, -0.2) is 42.2 Å². The fraction of sp³-hybridized carbons (Fsp3) is 0.120. The summed E-state index contributed by atoms with van der Waals surface area (Å²) in [4.78, 5) is 41.5. The van der Waals surface area contributed by atoms with Gasteiger partial charge in [-0.25, -0.2) is 14.4 Å². The monoisotopic (exact) mass is 472 g/mol. The number of carboxylic acid groups (broad SMARTS) is 1. The summed E-state index contributed by atoms with van der Waals surface area (Å²) in [6.07, 6.45) is 0. The quantitative estimate of drug-likeness (QED) is 0.475. The molecular formula is C25H20N4O6. The molecule has 1 aliphatic rings. The number of methoxy groups -OCH3 is 2. The number of aromatic carboxylic acids is 1. The second kappa shape index (κ2) is 9.07. The Hall–Kier alpha value is -5.04. The fourth-order valence-corrected chi connectivity index (χ4v) is 4.16. The normalized spacial score (nSPS) is 15.7. The lowest BCUT2D eigenvalue weighted by atomic mass is 9.81. The summed E-state index contributed by atoms with van der Waals surface area (Å²) in [7, 11) is 2.33. The number of carbonyl (C=O) groups excluding carboxylic acids is 2. The van der Waals surface area contributed by atoms with Crippen molar-refractivity contribution < 1.29 is 29.0 Å². The molecule has 0 spiro atoms. The Balaban J connectivity index is 2.04. The number of H-pyrrole nitrogens is 1. The Morgan fingerprint density at radius 2 is 1.74 bits per heavy atom. The van der Waals surface area contributed by atoms with Gasteiger partial charge in [0.05, 0.1) is 37.4 Å².